The predicted octanol–water partition coefficient (Wildman–Crippen LogP) is 2.23. The topological polar surface area (TPSA) is 54.3 Å². The van der Waals surface area contributed by atoms with Crippen LogP contribution in [-0.4, -0.2) is 51.5 Å². The van der Waals surface area contributed by atoms with Gasteiger partial charge < -0.3 is 14.4 Å². The molecule has 0 spiro atoms. The number of anilines is 1. The molecule has 126 valence electrons. The van der Waals surface area contributed by atoms with E-state index in [1.165, 1.54) is 0 Å². The fourth-order valence-electron chi connectivity index (χ4n) is 3.06. The molecule has 25 heavy (non-hydrogen) atoms. The molecule has 0 radical (unpaired) electrons. The van der Waals surface area contributed by atoms with Gasteiger partial charge in [-0.2, -0.15) is 0 Å². The number of piperazine rings is 1. The first-order valence-corrected chi connectivity index (χ1v) is 8.35. The molecule has 1 amide bonds. The molecule has 1 aliphatic heterocycles. The number of carbonyl (C=O) groups is 1. The van der Waals surface area contributed by atoms with Gasteiger partial charge in [-0.3, -0.25) is 9.78 Å². The van der Waals surface area contributed by atoms with E-state index in [4.69, 9.17) is 0 Å². The van der Waals surface area contributed by atoms with Gasteiger partial charge in [0.25, 0.3) is 5.91 Å². The minimum Gasteiger partial charge on any atom is -0.352 e. The van der Waals surface area contributed by atoms with Gasteiger partial charge in [0.05, 0.1) is 6.20 Å². The van der Waals surface area contributed by atoms with Gasteiger partial charge in [0.1, 0.15) is 5.82 Å². The molecule has 1 aliphatic rings. The summed E-state index contributed by atoms with van der Waals surface area (Å²) in [4.78, 5) is 25.2. The van der Waals surface area contributed by atoms with Crippen molar-refractivity contribution in [3.63, 3.8) is 0 Å². The molecule has 3 heterocycles. The molecule has 4 rings (SSSR count). The summed E-state index contributed by atoms with van der Waals surface area (Å²) in [6.07, 6.45) is 9.10. The molecule has 1 aromatic carbocycles. The van der Waals surface area contributed by atoms with E-state index in [-0.39, 0.29) is 5.91 Å². The quantitative estimate of drug-likeness (QED) is 0.737. The number of nitrogens with zero attached hydrogens (tertiary/aromatic N) is 5. The smallest absolute Gasteiger partial charge is 0.253 e. The van der Waals surface area contributed by atoms with Gasteiger partial charge in [-0.25, -0.2) is 4.98 Å². The number of amides is 1. The fraction of sp³-hybridized carbons (Fsp3) is 0.211. The first kappa shape index (κ1) is 15.4. The molecule has 0 aliphatic carbocycles. The van der Waals surface area contributed by atoms with Gasteiger partial charge >= 0.3 is 0 Å². The molecule has 0 N–H and O–H groups in total. The van der Waals surface area contributed by atoms with E-state index < -0.39 is 0 Å². The van der Waals surface area contributed by atoms with Gasteiger partial charge in [-0.05, 0) is 36.4 Å². The number of hydrogen-bond donors (Lipinski definition) is 0. The molecule has 0 atom stereocenters. The Hall–Kier alpha value is -3.15. The highest BCUT2D eigenvalue weighted by Gasteiger charge is 2.22. The molecular weight excluding hydrogens is 314 g/mol. The van der Waals surface area contributed by atoms with Crippen LogP contribution in [0.5, 0.6) is 0 Å². The first-order valence-electron chi connectivity index (χ1n) is 8.35. The Bertz CT molecular complexity index is 822. The van der Waals surface area contributed by atoms with Gasteiger partial charge in [0.15, 0.2) is 0 Å². The van der Waals surface area contributed by atoms with E-state index in [9.17, 15) is 4.79 Å². The average molecular weight is 333 g/mol. The van der Waals surface area contributed by atoms with Crippen LogP contribution in [0.1, 0.15) is 10.4 Å². The zero-order valence-corrected chi connectivity index (χ0v) is 13.8. The molecule has 1 saturated heterocycles. The number of benzene rings is 1. The van der Waals surface area contributed by atoms with Crippen LogP contribution in [0.4, 0.5) is 5.82 Å². The largest absolute Gasteiger partial charge is 0.352 e. The van der Waals surface area contributed by atoms with Crippen molar-refractivity contribution in [3.05, 3.63) is 72.9 Å². The lowest BCUT2D eigenvalue weighted by Crippen LogP contribution is -2.49. The Morgan fingerprint density at radius 2 is 1.64 bits per heavy atom. The van der Waals surface area contributed by atoms with Crippen LogP contribution in [0.25, 0.3) is 5.69 Å². The Morgan fingerprint density at radius 1 is 0.920 bits per heavy atom. The van der Waals surface area contributed by atoms with Gasteiger partial charge in [-0.15, -0.1) is 0 Å². The minimum absolute atomic E-state index is 0.0813. The van der Waals surface area contributed by atoms with E-state index in [2.05, 4.69) is 14.9 Å². The molecule has 2 aromatic heterocycles. The Balaban J connectivity index is 1.40. The van der Waals surface area contributed by atoms with Crippen molar-refractivity contribution >= 4 is 11.7 Å². The van der Waals surface area contributed by atoms with E-state index in [1.54, 1.807) is 18.6 Å². The lowest BCUT2D eigenvalue weighted by Gasteiger charge is -2.35. The minimum atomic E-state index is 0.0813. The zero-order valence-electron chi connectivity index (χ0n) is 13.8. The third kappa shape index (κ3) is 3.24. The number of rotatable bonds is 3. The molecule has 0 bridgehead atoms. The molecule has 0 saturated carbocycles. The normalized spacial score (nSPS) is 14.6. The Kier molecular flexibility index (Phi) is 4.16. The van der Waals surface area contributed by atoms with Crippen LogP contribution < -0.4 is 4.90 Å². The molecule has 6 heteroatoms. The van der Waals surface area contributed by atoms with Gasteiger partial charge in [0, 0.05) is 62.2 Å². The SMILES string of the molecule is O=C(c1ccc(-n2cccc2)cc1)N1CCN(c2cnccn2)CC1. The van der Waals surface area contributed by atoms with E-state index in [0.29, 0.717) is 13.1 Å². The summed E-state index contributed by atoms with van der Waals surface area (Å²) < 4.78 is 2.02. The monoisotopic (exact) mass is 333 g/mol. The van der Waals surface area contributed by atoms with Crippen molar-refractivity contribution in [1.29, 1.82) is 0 Å². The second-order valence-corrected chi connectivity index (χ2v) is 5.98. The summed E-state index contributed by atoms with van der Waals surface area (Å²) in [5.74, 6) is 0.948. The van der Waals surface area contributed by atoms with Crippen LogP contribution in [-0.2, 0) is 0 Å². The summed E-state index contributed by atoms with van der Waals surface area (Å²) in [6, 6.07) is 11.7. The first-order chi connectivity index (χ1) is 12.3. The molecule has 0 unspecified atom stereocenters. The van der Waals surface area contributed by atoms with Crippen molar-refractivity contribution < 1.29 is 4.79 Å². The van der Waals surface area contributed by atoms with E-state index in [0.717, 1.165) is 30.2 Å². The predicted molar refractivity (Wildman–Crippen MR) is 95.9 cm³/mol. The van der Waals surface area contributed by atoms with Crippen molar-refractivity contribution in [2.75, 3.05) is 31.1 Å². The second-order valence-electron chi connectivity index (χ2n) is 5.98. The summed E-state index contributed by atoms with van der Waals surface area (Å²) in [6.45, 7) is 2.92. The average Bonchev–Trinajstić information content (AvgIpc) is 3.23. The lowest BCUT2D eigenvalue weighted by molar-refractivity contribution is 0.0746. The maximum absolute atomic E-state index is 12.7. The van der Waals surface area contributed by atoms with E-state index >= 15 is 0 Å². The third-order valence-corrected chi connectivity index (χ3v) is 4.46. The highest BCUT2D eigenvalue weighted by Crippen LogP contribution is 2.15. The fourth-order valence-corrected chi connectivity index (χ4v) is 3.06. The summed E-state index contributed by atoms with van der Waals surface area (Å²) in [7, 11) is 0. The van der Waals surface area contributed by atoms with E-state index in [1.807, 2.05) is 58.3 Å². The third-order valence-electron chi connectivity index (χ3n) is 4.46. The summed E-state index contributed by atoms with van der Waals surface area (Å²) >= 11 is 0. The van der Waals surface area contributed by atoms with Crippen molar-refractivity contribution in [2.24, 2.45) is 0 Å². The summed E-state index contributed by atoms with van der Waals surface area (Å²) in [5.41, 5.74) is 1.78. The van der Waals surface area contributed by atoms with Crippen LogP contribution in [0.3, 0.4) is 0 Å². The van der Waals surface area contributed by atoms with Crippen molar-refractivity contribution in [1.82, 2.24) is 19.4 Å². The van der Waals surface area contributed by atoms with Gasteiger partial charge in [0.2, 0.25) is 0 Å². The van der Waals surface area contributed by atoms with Crippen LogP contribution in [0, 0.1) is 0 Å². The highest BCUT2D eigenvalue weighted by molar-refractivity contribution is 5.94. The second kappa shape index (κ2) is 6.76. The number of hydrogen-bond acceptors (Lipinski definition) is 4. The maximum Gasteiger partial charge on any atom is 0.253 e. The van der Waals surface area contributed by atoms with Crippen LogP contribution >= 0.6 is 0 Å². The number of carbonyl (C=O) groups excluding carboxylic acids is 1. The van der Waals surface area contributed by atoms with Gasteiger partial charge in [-0.1, -0.05) is 0 Å². The molecule has 6 nitrogen and oxygen atoms in total. The molecular formula is C19H19N5O. The highest BCUT2D eigenvalue weighted by atomic mass is 16.2. The lowest BCUT2D eigenvalue weighted by atomic mass is 10.1. The molecule has 1 fully saturated rings. The van der Waals surface area contributed by atoms with Crippen molar-refractivity contribution in [3.8, 4) is 5.69 Å². The summed E-state index contributed by atoms with van der Waals surface area (Å²) in [5, 5.41) is 0. The Morgan fingerprint density at radius 3 is 2.28 bits per heavy atom. The number of aromatic nitrogens is 3. The maximum atomic E-state index is 12.7. The standard InChI is InChI=1S/C19H19N5O/c25-19(16-3-5-17(6-4-16)22-9-1-2-10-22)24-13-11-23(12-14-24)18-15-20-7-8-21-18/h1-10,15H,11-14H2. The van der Waals surface area contributed by atoms with Crippen LogP contribution in [0.2, 0.25) is 0 Å². The van der Waals surface area contributed by atoms with Crippen molar-refractivity contribution in [2.45, 2.75) is 0 Å². The van der Waals surface area contributed by atoms with Crippen LogP contribution in [0.15, 0.2) is 67.4 Å². The molecule has 3 aromatic rings. The Labute approximate surface area is 146 Å². The zero-order chi connectivity index (χ0) is 17.1.